The number of aliphatic hydroxyl groups excluding tert-OH is 2. The van der Waals surface area contributed by atoms with E-state index in [2.05, 4.69) is 4.74 Å². The number of carboxylic acids is 1. The Balaban J connectivity index is 0.000000675. The zero-order valence-corrected chi connectivity index (χ0v) is 17.1. The summed E-state index contributed by atoms with van der Waals surface area (Å²) in [6, 6.07) is 3.04. The average molecular weight is 482 g/mol. The normalized spacial score (nSPS) is 22.0. The van der Waals surface area contributed by atoms with Crippen molar-refractivity contribution in [2.75, 3.05) is 13.7 Å². The third-order valence-corrected chi connectivity index (χ3v) is 4.14. The number of esters is 2. The summed E-state index contributed by atoms with van der Waals surface area (Å²) in [6.45, 7) is -0.301. The van der Waals surface area contributed by atoms with Gasteiger partial charge in [-0.15, -0.1) is 0 Å². The van der Waals surface area contributed by atoms with Crippen molar-refractivity contribution in [3.63, 3.8) is 0 Å². The Bertz CT molecular complexity index is 864. The van der Waals surface area contributed by atoms with Crippen LogP contribution in [0.4, 0.5) is 13.2 Å². The second-order valence-electron chi connectivity index (χ2n) is 6.49. The van der Waals surface area contributed by atoms with Crippen molar-refractivity contribution >= 4 is 23.8 Å². The van der Waals surface area contributed by atoms with Gasteiger partial charge in [-0.05, 0) is 6.07 Å². The maximum atomic E-state index is 11.6. The van der Waals surface area contributed by atoms with E-state index in [1.165, 1.54) is 30.1 Å². The third kappa shape index (κ3) is 8.63. The van der Waals surface area contributed by atoms with Crippen molar-refractivity contribution in [2.45, 2.75) is 43.6 Å². The minimum atomic E-state index is -5.19. The number of aromatic nitrogens is 1. The van der Waals surface area contributed by atoms with Crippen molar-refractivity contribution in [1.29, 1.82) is 0 Å². The minimum Gasteiger partial charge on any atom is -0.542 e. The van der Waals surface area contributed by atoms with E-state index >= 15 is 0 Å². The molecule has 1 aromatic heterocycles. The van der Waals surface area contributed by atoms with Crippen LogP contribution in [-0.4, -0.2) is 72.2 Å². The van der Waals surface area contributed by atoms with Crippen LogP contribution in [0.25, 0.3) is 0 Å². The van der Waals surface area contributed by atoms with E-state index in [1.54, 1.807) is 6.07 Å². The number of carboxylic acid groups (broad SMARTS) is 1. The number of primary amides is 1. The lowest BCUT2D eigenvalue weighted by atomic mass is 10.1. The summed E-state index contributed by atoms with van der Waals surface area (Å²) in [5.74, 6) is -4.86. The molecule has 0 bridgehead atoms. The van der Waals surface area contributed by atoms with Crippen LogP contribution in [0.5, 0.6) is 0 Å². The molecule has 0 spiro atoms. The van der Waals surface area contributed by atoms with Crippen LogP contribution >= 0.6 is 0 Å². The number of carbonyl (C=O) groups is 4. The summed E-state index contributed by atoms with van der Waals surface area (Å²) in [7, 11) is 1.21. The molecule has 15 heteroatoms. The second-order valence-corrected chi connectivity index (χ2v) is 6.49. The molecule has 0 aliphatic carbocycles. The highest BCUT2D eigenvalue weighted by atomic mass is 19.4. The summed E-state index contributed by atoms with van der Waals surface area (Å²) >= 11 is 0. The lowest BCUT2D eigenvalue weighted by molar-refractivity contribution is -0.765. The van der Waals surface area contributed by atoms with Crippen LogP contribution in [0.2, 0.25) is 0 Å². The van der Waals surface area contributed by atoms with Crippen molar-refractivity contribution < 1.29 is 66.4 Å². The van der Waals surface area contributed by atoms with Crippen molar-refractivity contribution in [3.05, 3.63) is 30.1 Å². The Morgan fingerprint density at radius 3 is 2.27 bits per heavy atom. The number of halogens is 3. The molecule has 1 aromatic rings. The van der Waals surface area contributed by atoms with E-state index in [9.17, 15) is 37.8 Å². The Hall–Kier alpha value is -3.30. The summed E-state index contributed by atoms with van der Waals surface area (Å²) in [4.78, 5) is 42.6. The molecule has 1 aliphatic rings. The largest absolute Gasteiger partial charge is 0.542 e. The molecule has 1 aliphatic heterocycles. The number of ether oxygens (including phenoxy) is 3. The first-order valence-electron chi connectivity index (χ1n) is 9.10. The topological polar surface area (TPSA) is 189 Å². The highest BCUT2D eigenvalue weighted by Gasteiger charge is 2.48. The van der Waals surface area contributed by atoms with Crippen LogP contribution in [0.1, 0.15) is 29.4 Å². The van der Waals surface area contributed by atoms with Gasteiger partial charge >= 0.3 is 18.1 Å². The predicted octanol–water partition coefficient (Wildman–Crippen LogP) is -2.51. The zero-order valence-electron chi connectivity index (χ0n) is 17.1. The smallest absolute Gasteiger partial charge is 0.430 e. The number of amides is 1. The van der Waals surface area contributed by atoms with E-state index < -0.39 is 54.5 Å². The van der Waals surface area contributed by atoms with Gasteiger partial charge in [0.1, 0.15) is 30.3 Å². The number of carbonyl (C=O) groups excluding carboxylic acids is 4. The molecule has 0 radical (unpaired) electrons. The summed E-state index contributed by atoms with van der Waals surface area (Å²) in [6.07, 6.45) is -7.13. The molecular formula is C18H21F3N2O10. The number of alkyl halides is 3. The second kappa shape index (κ2) is 12.1. The molecule has 12 nitrogen and oxygen atoms in total. The van der Waals surface area contributed by atoms with Crippen molar-refractivity contribution in [1.82, 2.24) is 0 Å². The Labute approximate surface area is 184 Å². The number of rotatable bonds is 7. The third-order valence-electron chi connectivity index (χ3n) is 4.14. The van der Waals surface area contributed by atoms with Gasteiger partial charge in [-0.1, -0.05) is 0 Å². The first-order valence-corrected chi connectivity index (χ1v) is 9.10. The Morgan fingerprint density at radius 1 is 1.18 bits per heavy atom. The van der Waals surface area contributed by atoms with Crippen LogP contribution in [-0.2, 0) is 28.6 Å². The Kier molecular flexibility index (Phi) is 10.2. The number of hydrogen-bond donors (Lipinski definition) is 3. The van der Waals surface area contributed by atoms with Gasteiger partial charge in [0.05, 0.1) is 20.0 Å². The molecule has 4 atom stereocenters. The Morgan fingerprint density at radius 2 is 1.76 bits per heavy atom. The molecule has 4 N–H and O–H groups in total. The molecule has 1 saturated heterocycles. The van der Waals surface area contributed by atoms with Crippen LogP contribution in [0.3, 0.4) is 0 Å². The molecule has 33 heavy (non-hydrogen) atoms. The van der Waals surface area contributed by atoms with Crippen LogP contribution in [0.15, 0.2) is 24.5 Å². The van der Waals surface area contributed by atoms with E-state index in [0.717, 1.165) is 0 Å². The number of aliphatic carboxylic acids is 1. The lowest BCUT2D eigenvalue weighted by Crippen LogP contribution is -2.46. The molecule has 2 rings (SSSR count). The fraction of sp³-hybridized carbons (Fsp3) is 0.500. The maximum absolute atomic E-state index is 11.6. The number of nitrogens with two attached hydrogens (primary N) is 1. The van der Waals surface area contributed by atoms with Gasteiger partial charge in [0.2, 0.25) is 0 Å². The minimum absolute atomic E-state index is 0.121. The molecule has 2 heterocycles. The standard InChI is InChI=1S/C16H20N2O8.C2HF3O2/c1-24-11(19)4-5-12(20)25-8-10-13(21)14(22)16(26-10)18-6-2-3-9(7-18)15(17)23;3-2(4,5)1(6)7/h2-3,6-7,10,13-14,16,21-22H,4-5,8H2,1H3,(H-,17,23);(H,6,7)/t10-,13-,14-,16-;/m1./s1. The van der Waals surface area contributed by atoms with E-state index in [0.29, 0.717) is 0 Å². The van der Waals surface area contributed by atoms with Gasteiger partial charge in [-0.3, -0.25) is 14.4 Å². The van der Waals surface area contributed by atoms with Gasteiger partial charge in [0.25, 0.3) is 12.1 Å². The van der Waals surface area contributed by atoms with Crippen LogP contribution in [0, 0.1) is 0 Å². The summed E-state index contributed by atoms with van der Waals surface area (Å²) in [5, 5.41) is 29.0. The van der Waals surface area contributed by atoms with Gasteiger partial charge in [0.15, 0.2) is 18.5 Å². The average Bonchev–Trinajstić information content (AvgIpc) is 3.04. The first-order chi connectivity index (χ1) is 15.3. The highest BCUT2D eigenvalue weighted by molar-refractivity contribution is 5.92. The van der Waals surface area contributed by atoms with Crippen molar-refractivity contribution in [2.24, 2.45) is 5.73 Å². The SMILES string of the molecule is COC(=O)CCC(=O)OC[C@H]1O[C@@H]([n+]2cccc(C(N)=O)c2)[C@H](O)[C@@H]1O.O=C([O-])C(F)(F)F. The number of aliphatic hydroxyl groups is 2. The quantitative estimate of drug-likeness (QED) is 0.276. The molecule has 1 amide bonds. The molecule has 0 aromatic carbocycles. The van der Waals surface area contributed by atoms with E-state index in [4.69, 9.17) is 25.1 Å². The summed E-state index contributed by atoms with van der Waals surface area (Å²) < 4.78 is 47.9. The molecule has 0 unspecified atom stereocenters. The fourth-order valence-electron chi connectivity index (χ4n) is 2.46. The van der Waals surface area contributed by atoms with E-state index in [-0.39, 0.29) is 25.0 Å². The first kappa shape index (κ1) is 27.7. The molecular weight excluding hydrogens is 461 g/mol. The number of pyridine rings is 1. The molecule has 184 valence electrons. The maximum Gasteiger partial charge on any atom is 0.430 e. The summed E-state index contributed by atoms with van der Waals surface area (Å²) in [5.41, 5.74) is 5.42. The van der Waals surface area contributed by atoms with Gasteiger partial charge in [-0.2, -0.15) is 17.7 Å². The number of hydrogen-bond acceptors (Lipinski definition) is 10. The van der Waals surface area contributed by atoms with Crippen LogP contribution < -0.4 is 15.4 Å². The van der Waals surface area contributed by atoms with Crippen molar-refractivity contribution in [3.8, 4) is 0 Å². The van der Waals surface area contributed by atoms with Gasteiger partial charge < -0.3 is 40.1 Å². The predicted molar refractivity (Wildman–Crippen MR) is 94.3 cm³/mol. The lowest BCUT2D eigenvalue weighted by Gasteiger charge is -2.13. The monoisotopic (exact) mass is 482 g/mol. The zero-order chi connectivity index (χ0) is 25.3. The van der Waals surface area contributed by atoms with Gasteiger partial charge in [-0.25, -0.2) is 0 Å². The molecule has 1 fully saturated rings. The molecule has 0 saturated carbocycles. The van der Waals surface area contributed by atoms with E-state index in [1.807, 2.05) is 0 Å². The van der Waals surface area contributed by atoms with Gasteiger partial charge in [0, 0.05) is 6.07 Å². The number of methoxy groups -OCH3 is 1. The fourth-order valence-corrected chi connectivity index (χ4v) is 2.46. The number of nitrogens with zero attached hydrogens (tertiary/aromatic N) is 1. The highest BCUT2D eigenvalue weighted by Crippen LogP contribution is 2.25.